The van der Waals surface area contributed by atoms with Gasteiger partial charge in [0.05, 0.1) is 5.69 Å². The number of hydrogen-bond acceptors (Lipinski definition) is 4. The largest absolute Gasteiger partial charge is 0.348 e. The summed E-state index contributed by atoms with van der Waals surface area (Å²) in [5.74, 6) is 0. The number of rotatable bonds is 8. The Labute approximate surface area is 109 Å². The second-order valence-corrected chi connectivity index (χ2v) is 5.32. The van der Waals surface area contributed by atoms with Crippen LogP contribution in [0.1, 0.15) is 44.2 Å². The quantitative estimate of drug-likeness (QED) is 0.723. The number of aryl methyl sites for hydroxylation is 1. The third-order valence-electron chi connectivity index (χ3n) is 2.74. The zero-order chi connectivity index (χ0) is 12.7. The van der Waals surface area contributed by atoms with Crippen molar-refractivity contribution in [1.29, 1.82) is 0 Å². The van der Waals surface area contributed by atoms with Crippen molar-refractivity contribution in [2.24, 2.45) is 0 Å². The summed E-state index contributed by atoms with van der Waals surface area (Å²) in [4.78, 5) is 8.42. The summed E-state index contributed by atoms with van der Waals surface area (Å²) < 4.78 is 0. The van der Waals surface area contributed by atoms with Gasteiger partial charge in [0.15, 0.2) is 5.13 Å². The van der Waals surface area contributed by atoms with Gasteiger partial charge in [0, 0.05) is 24.5 Å². The van der Waals surface area contributed by atoms with Gasteiger partial charge in [-0.1, -0.05) is 13.8 Å². The minimum absolute atomic E-state index is 0.959. The average Bonchev–Trinajstić information content (AvgIpc) is 2.68. The van der Waals surface area contributed by atoms with Crippen LogP contribution in [0.3, 0.4) is 0 Å². The Balaban J connectivity index is 2.65. The zero-order valence-electron chi connectivity index (χ0n) is 11.5. The first-order valence-electron chi connectivity index (χ1n) is 6.64. The van der Waals surface area contributed by atoms with Gasteiger partial charge in [-0.2, -0.15) is 0 Å². The fourth-order valence-electron chi connectivity index (χ4n) is 1.75. The van der Waals surface area contributed by atoms with Gasteiger partial charge in [-0.3, -0.25) is 0 Å². The number of aromatic nitrogens is 1. The van der Waals surface area contributed by atoms with E-state index in [1.54, 1.807) is 0 Å². The van der Waals surface area contributed by atoms with Crippen LogP contribution in [-0.2, 0) is 6.54 Å². The molecule has 0 unspecified atom stereocenters. The maximum Gasteiger partial charge on any atom is 0.185 e. The van der Waals surface area contributed by atoms with Crippen LogP contribution in [0.5, 0.6) is 0 Å². The fraction of sp³-hybridized carbons (Fsp3) is 0.769. The predicted molar refractivity (Wildman–Crippen MR) is 77.0 cm³/mol. The molecule has 1 N–H and O–H groups in total. The van der Waals surface area contributed by atoms with Crippen molar-refractivity contribution in [3.63, 3.8) is 0 Å². The highest BCUT2D eigenvalue weighted by Crippen LogP contribution is 2.26. The van der Waals surface area contributed by atoms with Gasteiger partial charge in [-0.15, -0.1) is 11.3 Å². The topological polar surface area (TPSA) is 28.2 Å². The molecule has 0 aromatic carbocycles. The minimum Gasteiger partial charge on any atom is -0.348 e. The molecule has 0 saturated carbocycles. The average molecular weight is 255 g/mol. The highest BCUT2D eigenvalue weighted by Gasteiger charge is 2.11. The standard InChI is InChI=1S/C13H25N3S/c1-5-8-14-10-12-11(4)15-13(17-12)16(7-3)9-6-2/h14H,5-10H2,1-4H3. The summed E-state index contributed by atoms with van der Waals surface area (Å²) in [5.41, 5.74) is 1.18. The van der Waals surface area contributed by atoms with Crippen LogP contribution < -0.4 is 10.2 Å². The fourth-order valence-corrected chi connectivity index (χ4v) is 2.87. The Hall–Kier alpha value is -0.610. The molecule has 1 rings (SSSR count). The van der Waals surface area contributed by atoms with Crippen molar-refractivity contribution >= 4 is 16.5 Å². The van der Waals surface area contributed by atoms with E-state index in [-0.39, 0.29) is 0 Å². The van der Waals surface area contributed by atoms with E-state index in [9.17, 15) is 0 Å². The summed E-state index contributed by atoms with van der Waals surface area (Å²) in [5, 5.41) is 4.63. The molecule has 0 aliphatic rings. The number of nitrogens with one attached hydrogen (secondary N) is 1. The third kappa shape index (κ3) is 4.28. The summed E-state index contributed by atoms with van der Waals surface area (Å²) >= 11 is 1.83. The van der Waals surface area contributed by atoms with Gasteiger partial charge in [-0.25, -0.2) is 4.98 Å². The first-order chi connectivity index (χ1) is 8.22. The highest BCUT2D eigenvalue weighted by molar-refractivity contribution is 7.15. The van der Waals surface area contributed by atoms with E-state index in [1.807, 2.05) is 11.3 Å². The van der Waals surface area contributed by atoms with E-state index in [2.05, 4.69) is 42.9 Å². The molecule has 1 aromatic heterocycles. The molecule has 0 radical (unpaired) electrons. The van der Waals surface area contributed by atoms with Crippen molar-refractivity contribution in [3.05, 3.63) is 10.6 Å². The Morgan fingerprint density at radius 1 is 1.24 bits per heavy atom. The minimum atomic E-state index is 0.959. The lowest BCUT2D eigenvalue weighted by molar-refractivity contribution is 0.678. The molecule has 0 atom stereocenters. The van der Waals surface area contributed by atoms with Crippen molar-refractivity contribution in [2.75, 3.05) is 24.5 Å². The first-order valence-corrected chi connectivity index (χ1v) is 7.46. The monoisotopic (exact) mass is 255 g/mol. The Morgan fingerprint density at radius 2 is 2.00 bits per heavy atom. The van der Waals surface area contributed by atoms with Crippen LogP contribution in [-0.4, -0.2) is 24.6 Å². The smallest absolute Gasteiger partial charge is 0.185 e. The lowest BCUT2D eigenvalue weighted by atomic mass is 10.4. The molecule has 0 fully saturated rings. The van der Waals surface area contributed by atoms with Crippen LogP contribution in [0, 0.1) is 6.92 Å². The molecule has 0 spiro atoms. The van der Waals surface area contributed by atoms with Crippen LogP contribution in [0.15, 0.2) is 0 Å². The van der Waals surface area contributed by atoms with Crippen LogP contribution in [0.4, 0.5) is 5.13 Å². The molecule has 0 amide bonds. The van der Waals surface area contributed by atoms with Gasteiger partial charge in [0.25, 0.3) is 0 Å². The number of nitrogens with zero attached hydrogens (tertiary/aromatic N) is 2. The van der Waals surface area contributed by atoms with E-state index >= 15 is 0 Å². The molecule has 0 aliphatic carbocycles. The van der Waals surface area contributed by atoms with Crippen LogP contribution in [0.25, 0.3) is 0 Å². The molecule has 3 nitrogen and oxygen atoms in total. The molecule has 0 saturated heterocycles. The summed E-state index contributed by atoms with van der Waals surface area (Å²) in [6, 6.07) is 0. The molecule has 0 bridgehead atoms. The Morgan fingerprint density at radius 3 is 2.59 bits per heavy atom. The van der Waals surface area contributed by atoms with Gasteiger partial charge in [-0.05, 0) is 33.2 Å². The van der Waals surface area contributed by atoms with Gasteiger partial charge in [0.1, 0.15) is 0 Å². The maximum absolute atomic E-state index is 4.68. The van der Waals surface area contributed by atoms with Gasteiger partial charge >= 0.3 is 0 Å². The Kier molecular flexibility index (Phi) is 6.52. The number of anilines is 1. The molecular weight excluding hydrogens is 230 g/mol. The number of hydrogen-bond donors (Lipinski definition) is 1. The molecular formula is C13H25N3S. The SMILES string of the molecule is CCCNCc1sc(N(CC)CCC)nc1C. The molecule has 4 heteroatoms. The lowest BCUT2D eigenvalue weighted by Gasteiger charge is -2.18. The molecule has 1 aromatic rings. The number of thiazole rings is 1. The molecule has 17 heavy (non-hydrogen) atoms. The second kappa shape index (κ2) is 7.67. The van der Waals surface area contributed by atoms with Crippen LogP contribution in [0.2, 0.25) is 0 Å². The van der Waals surface area contributed by atoms with Crippen molar-refractivity contribution in [1.82, 2.24) is 10.3 Å². The molecule has 0 aliphatic heterocycles. The summed E-state index contributed by atoms with van der Waals surface area (Å²) in [6.45, 7) is 12.9. The van der Waals surface area contributed by atoms with E-state index in [0.717, 1.165) is 26.2 Å². The molecule has 1 heterocycles. The summed E-state index contributed by atoms with van der Waals surface area (Å²) in [7, 11) is 0. The third-order valence-corrected chi connectivity index (χ3v) is 3.96. The van der Waals surface area contributed by atoms with Gasteiger partial charge < -0.3 is 10.2 Å². The van der Waals surface area contributed by atoms with Gasteiger partial charge in [0.2, 0.25) is 0 Å². The van der Waals surface area contributed by atoms with E-state index in [4.69, 9.17) is 0 Å². The zero-order valence-corrected chi connectivity index (χ0v) is 12.4. The predicted octanol–water partition coefficient (Wildman–Crippen LogP) is 3.19. The van der Waals surface area contributed by atoms with E-state index in [0.29, 0.717) is 0 Å². The Bertz CT molecular complexity index is 322. The van der Waals surface area contributed by atoms with E-state index in [1.165, 1.54) is 28.5 Å². The van der Waals surface area contributed by atoms with Crippen molar-refractivity contribution < 1.29 is 0 Å². The molecule has 98 valence electrons. The summed E-state index contributed by atoms with van der Waals surface area (Å²) in [6.07, 6.45) is 2.36. The second-order valence-electron chi connectivity index (χ2n) is 4.26. The van der Waals surface area contributed by atoms with E-state index < -0.39 is 0 Å². The van der Waals surface area contributed by atoms with Crippen LogP contribution >= 0.6 is 11.3 Å². The van der Waals surface area contributed by atoms with Crippen molar-refractivity contribution in [3.8, 4) is 0 Å². The van der Waals surface area contributed by atoms with Crippen molar-refractivity contribution in [2.45, 2.75) is 47.1 Å². The lowest BCUT2D eigenvalue weighted by Crippen LogP contribution is -2.23. The highest BCUT2D eigenvalue weighted by atomic mass is 32.1. The first kappa shape index (κ1) is 14.5. The normalized spacial score (nSPS) is 10.8. The maximum atomic E-state index is 4.68.